The summed E-state index contributed by atoms with van der Waals surface area (Å²) in [5, 5.41) is 2.84. The van der Waals surface area contributed by atoms with Gasteiger partial charge in [0.25, 0.3) is 5.91 Å². The maximum absolute atomic E-state index is 13.3. The van der Waals surface area contributed by atoms with Gasteiger partial charge < -0.3 is 15.0 Å². The molecule has 1 N–H and O–H groups in total. The molecule has 1 atom stereocenters. The van der Waals surface area contributed by atoms with Gasteiger partial charge in [0.1, 0.15) is 5.75 Å². The van der Waals surface area contributed by atoms with Gasteiger partial charge in [0.2, 0.25) is 5.91 Å². The molecule has 2 amide bonds. The molecular weight excluding hydrogens is 414 g/mol. The van der Waals surface area contributed by atoms with Crippen LogP contribution in [0, 0.1) is 5.41 Å². The molecule has 2 heterocycles. The van der Waals surface area contributed by atoms with E-state index < -0.39 is 5.41 Å². The molecule has 33 heavy (non-hydrogen) atoms. The number of methoxy groups -OCH3 is 1. The Morgan fingerprint density at radius 3 is 2.55 bits per heavy atom. The highest BCUT2D eigenvalue weighted by atomic mass is 16.5. The van der Waals surface area contributed by atoms with Crippen LogP contribution in [0.4, 0.5) is 0 Å². The fourth-order valence-electron chi connectivity index (χ4n) is 4.71. The summed E-state index contributed by atoms with van der Waals surface area (Å²) in [5.74, 6) is 0.410. The molecule has 170 valence electrons. The first-order valence-corrected chi connectivity index (χ1v) is 11.2. The number of pyridine rings is 1. The number of hydrogen-bond donors (Lipinski definition) is 1. The van der Waals surface area contributed by atoms with Crippen LogP contribution in [0.2, 0.25) is 0 Å². The van der Waals surface area contributed by atoms with Gasteiger partial charge in [-0.3, -0.25) is 14.6 Å². The number of hydrogen-bond acceptors (Lipinski definition) is 4. The topological polar surface area (TPSA) is 71.5 Å². The molecule has 6 heteroatoms. The van der Waals surface area contributed by atoms with Gasteiger partial charge in [-0.1, -0.05) is 42.5 Å². The largest absolute Gasteiger partial charge is 0.496 e. The van der Waals surface area contributed by atoms with Crippen molar-refractivity contribution in [3.63, 3.8) is 0 Å². The third kappa shape index (κ3) is 4.75. The van der Waals surface area contributed by atoms with E-state index >= 15 is 0 Å². The van der Waals surface area contributed by atoms with Crippen molar-refractivity contribution in [3.8, 4) is 16.9 Å². The van der Waals surface area contributed by atoms with Crippen LogP contribution < -0.4 is 10.1 Å². The predicted molar refractivity (Wildman–Crippen MR) is 128 cm³/mol. The molecule has 4 rings (SSSR count). The number of aromatic nitrogens is 1. The van der Waals surface area contributed by atoms with Crippen LogP contribution in [0.15, 0.2) is 73.1 Å². The van der Waals surface area contributed by atoms with Crippen LogP contribution in [0.25, 0.3) is 11.1 Å². The summed E-state index contributed by atoms with van der Waals surface area (Å²) in [6.45, 7) is 0.990. The summed E-state index contributed by atoms with van der Waals surface area (Å²) in [4.78, 5) is 32.4. The Balaban J connectivity index is 1.58. The second kappa shape index (κ2) is 9.86. The highest BCUT2D eigenvalue weighted by Crippen LogP contribution is 2.36. The Morgan fingerprint density at radius 2 is 1.85 bits per heavy atom. The van der Waals surface area contributed by atoms with Gasteiger partial charge >= 0.3 is 0 Å². The van der Waals surface area contributed by atoms with E-state index in [1.807, 2.05) is 30.5 Å². The molecule has 1 unspecified atom stereocenters. The molecule has 1 aromatic heterocycles. The molecule has 6 nitrogen and oxygen atoms in total. The van der Waals surface area contributed by atoms with E-state index in [0.29, 0.717) is 30.8 Å². The monoisotopic (exact) mass is 443 g/mol. The van der Waals surface area contributed by atoms with E-state index in [4.69, 9.17) is 4.74 Å². The van der Waals surface area contributed by atoms with Crippen molar-refractivity contribution in [2.24, 2.45) is 5.41 Å². The molecule has 0 radical (unpaired) electrons. The molecule has 0 aliphatic carbocycles. The van der Waals surface area contributed by atoms with E-state index in [9.17, 15) is 9.59 Å². The molecule has 0 bridgehead atoms. The Morgan fingerprint density at radius 1 is 1.06 bits per heavy atom. The van der Waals surface area contributed by atoms with Crippen molar-refractivity contribution < 1.29 is 14.3 Å². The normalized spacial score (nSPS) is 17.9. The van der Waals surface area contributed by atoms with Crippen LogP contribution in [0.3, 0.4) is 0 Å². The zero-order chi connectivity index (χ0) is 23.3. The van der Waals surface area contributed by atoms with E-state index in [0.717, 1.165) is 29.5 Å². The van der Waals surface area contributed by atoms with Gasteiger partial charge in [0.15, 0.2) is 0 Å². The lowest BCUT2D eigenvalue weighted by Crippen LogP contribution is -2.54. The van der Waals surface area contributed by atoms with Crippen LogP contribution in [0.5, 0.6) is 5.75 Å². The number of rotatable bonds is 6. The van der Waals surface area contributed by atoms with Crippen molar-refractivity contribution in [2.45, 2.75) is 19.3 Å². The first-order valence-electron chi connectivity index (χ1n) is 11.2. The summed E-state index contributed by atoms with van der Waals surface area (Å²) in [6, 6.07) is 19.4. The number of piperidine rings is 1. The van der Waals surface area contributed by atoms with E-state index in [2.05, 4.69) is 34.6 Å². The minimum absolute atomic E-state index is 0.0311. The average molecular weight is 444 g/mol. The van der Waals surface area contributed by atoms with Crippen LogP contribution in [0.1, 0.15) is 28.8 Å². The molecule has 1 aliphatic heterocycles. The lowest BCUT2D eigenvalue weighted by atomic mass is 9.74. The summed E-state index contributed by atoms with van der Waals surface area (Å²) < 4.78 is 5.39. The fourth-order valence-corrected chi connectivity index (χ4v) is 4.71. The lowest BCUT2D eigenvalue weighted by Gasteiger charge is -2.41. The average Bonchev–Trinajstić information content (AvgIpc) is 2.88. The smallest absolute Gasteiger partial charge is 0.257 e. The highest BCUT2D eigenvalue weighted by molar-refractivity contribution is 5.97. The molecular formula is C27H29N3O3. The van der Waals surface area contributed by atoms with Gasteiger partial charge in [-0.25, -0.2) is 0 Å². The van der Waals surface area contributed by atoms with E-state index in [1.54, 1.807) is 37.4 Å². The Hall–Kier alpha value is -3.67. The number of para-hydroxylation sites is 1. The number of carbonyl (C=O) groups is 2. The van der Waals surface area contributed by atoms with Crippen molar-refractivity contribution in [3.05, 3.63) is 84.2 Å². The van der Waals surface area contributed by atoms with Crippen molar-refractivity contribution in [2.75, 3.05) is 27.2 Å². The van der Waals surface area contributed by atoms with Crippen molar-refractivity contribution in [1.29, 1.82) is 0 Å². The van der Waals surface area contributed by atoms with Crippen molar-refractivity contribution in [1.82, 2.24) is 15.2 Å². The minimum atomic E-state index is -0.680. The third-order valence-corrected chi connectivity index (χ3v) is 6.40. The standard InChI is InChI=1S/C27H29N3O3/c1-28-26(32)27(17-20-10-12-21(13-11-20)22-7-5-15-29-18-22)14-6-16-30(19-27)25(31)23-8-3-4-9-24(23)33-2/h3-5,7-13,15,18H,6,14,16-17,19H2,1-2H3,(H,28,32). The number of likely N-dealkylation sites (tertiary alicyclic amines) is 1. The first kappa shape index (κ1) is 22.5. The lowest BCUT2D eigenvalue weighted by molar-refractivity contribution is -0.133. The zero-order valence-corrected chi connectivity index (χ0v) is 19.1. The molecule has 1 saturated heterocycles. The Bertz CT molecular complexity index is 1110. The van der Waals surface area contributed by atoms with Gasteiger partial charge in [-0.15, -0.1) is 0 Å². The van der Waals surface area contributed by atoms with Gasteiger partial charge in [-0.05, 0) is 54.2 Å². The number of benzene rings is 2. The number of nitrogens with one attached hydrogen (secondary N) is 1. The van der Waals surface area contributed by atoms with Crippen LogP contribution in [-0.4, -0.2) is 48.9 Å². The predicted octanol–water partition coefficient (Wildman–Crippen LogP) is 3.97. The fraction of sp³-hybridized carbons (Fsp3) is 0.296. The van der Waals surface area contributed by atoms with Gasteiger partial charge in [-0.2, -0.15) is 0 Å². The molecule has 3 aromatic rings. The highest BCUT2D eigenvalue weighted by Gasteiger charge is 2.43. The molecule has 0 spiro atoms. The maximum Gasteiger partial charge on any atom is 0.257 e. The van der Waals surface area contributed by atoms with Gasteiger partial charge in [0, 0.05) is 32.5 Å². The molecule has 2 aromatic carbocycles. The number of nitrogens with zero attached hydrogens (tertiary/aromatic N) is 2. The first-order chi connectivity index (χ1) is 16.1. The number of carbonyl (C=O) groups excluding carboxylic acids is 2. The molecule has 1 aliphatic rings. The summed E-state index contributed by atoms with van der Waals surface area (Å²) >= 11 is 0. The quantitative estimate of drug-likeness (QED) is 0.626. The van der Waals surface area contributed by atoms with Crippen LogP contribution in [-0.2, 0) is 11.2 Å². The Labute approximate surface area is 194 Å². The van der Waals surface area contributed by atoms with Crippen LogP contribution >= 0.6 is 0 Å². The van der Waals surface area contributed by atoms with E-state index in [1.165, 1.54) is 0 Å². The molecule has 0 saturated carbocycles. The Kier molecular flexibility index (Phi) is 6.73. The van der Waals surface area contributed by atoms with E-state index in [-0.39, 0.29) is 11.8 Å². The third-order valence-electron chi connectivity index (χ3n) is 6.40. The minimum Gasteiger partial charge on any atom is -0.496 e. The number of amides is 2. The molecule has 1 fully saturated rings. The van der Waals surface area contributed by atoms with Crippen molar-refractivity contribution >= 4 is 11.8 Å². The van der Waals surface area contributed by atoms with Gasteiger partial charge in [0.05, 0.1) is 18.1 Å². The number of ether oxygens (including phenoxy) is 1. The zero-order valence-electron chi connectivity index (χ0n) is 19.1. The summed E-state index contributed by atoms with van der Waals surface area (Å²) in [7, 11) is 3.23. The SMILES string of the molecule is CNC(=O)C1(Cc2ccc(-c3cccnc3)cc2)CCCN(C(=O)c2ccccc2OC)C1. The summed E-state index contributed by atoms with van der Waals surface area (Å²) in [5.41, 5.74) is 3.04. The summed E-state index contributed by atoms with van der Waals surface area (Å²) in [6.07, 6.45) is 5.65. The second-order valence-electron chi connectivity index (χ2n) is 8.51. The second-order valence-corrected chi connectivity index (χ2v) is 8.51. The maximum atomic E-state index is 13.3.